The first-order valence-corrected chi connectivity index (χ1v) is 7.14. The summed E-state index contributed by atoms with van der Waals surface area (Å²) in [6.45, 7) is 8.84. The maximum Gasteiger partial charge on any atom is 0.0466 e. The minimum absolute atomic E-state index is 0.395. The van der Waals surface area contributed by atoms with Gasteiger partial charge in [-0.1, -0.05) is 19.6 Å². The van der Waals surface area contributed by atoms with E-state index < -0.39 is 8.07 Å². The van der Waals surface area contributed by atoms with Crippen LogP contribution in [0.2, 0.25) is 25.7 Å². The molecule has 0 fully saturated rings. The van der Waals surface area contributed by atoms with E-state index in [1.807, 2.05) is 0 Å². The molecule has 0 saturated heterocycles. The van der Waals surface area contributed by atoms with Crippen LogP contribution in [0.3, 0.4) is 0 Å². The Bertz CT molecular complexity index is 80.2. The second kappa shape index (κ2) is 4.07. The first-order chi connectivity index (χ1) is 4.56. The molecule has 0 aliphatic carbocycles. The van der Waals surface area contributed by atoms with Crippen LogP contribution in [-0.4, -0.2) is 21.3 Å². The fourth-order valence-electron chi connectivity index (χ4n) is 0.480. The van der Waals surface area contributed by atoms with Crippen molar-refractivity contribution in [1.29, 1.82) is 0 Å². The van der Waals surface area contributed by atoms with E-state index in [0.29, 0.717) is 13.5 Å². The van der Waals surface area contributed by atoms with Crippen LogP contribution in [0.4, 0.5) is 0 Å². The average Bonchev–Trinajstić information content (AvgIpc) is 1.78. The van der Waals surface area contributed by atoms with Crippen molar-refractivity contribution in [1.82, 2.24) is 0 Å². The van der Waals surface area contributed by atoms with Crippen molar-refractivity contribution in [2.75, 3.05) is 13.2 Å². The predicted octanol–water partition coefficient (Wildman–Crippen LogP) is 2.36. The Morgan fingerprint density at radius 2 is 2.11 bits per heavy atom. The van der Waals surface area contributed by atoms with Crippen molar-refractivity contribution >= 4 is 8.07 Å². The Kier molecular flexibility index (Phi) is 3.29. The van der Waals surface area contributed by atoms with Crippen LogP contribution in [0.1, 0.15) is 8.27 Å². The molecule has 0 aromatic heterocycles. The molecule has 0 N–H and O–H groups in total. The molecule has 56 valence electrons. The Morgan fingerprint density at radius 3 is 2.56 bits per heavy atom. The van der Waals surface area contributed by atoms with Crippen LogP contribution >= 0.6 is 0 Å². The summed E-state index contributed by atoms with van der Waals surface area (Å²) in [4.78, 5) is 0. The number of rotatable bonds is 4. The van der Waals surface area contributed by atoms with Gasteiger partial charge in [-0.25, -0.2) is 0 Å². The highest BCUT2D eigenvalue weighted by atomic mass is 28.3. The van der Waals surface area contributed by atoms with Crippen LogP contribution in [0.25, 0.3) is 0 Å². The fourth-order valence-corrected chi connectivity index (χ4v) is 1.24. The van der Waals surface area contributed by atoms with Crippen LogP contribution in [0.5, 0.6) is 0 Å². The Balaban J connectivity index is 3.04. The van der Waals surface area contributed by atoms with Gasteiger partial charge >= 0.3 is 0 Å². The summed E-state index contributed by atoms with van der Waals surface area (Å²) < 4.78 is 12.0. The summed E-state index contributed by atoms with van der Waals surface area (Å²) in [5, 5.41) is 0. The molecule has 0 bridgehead atoms. The molecule has 1 nitrogen and oxygen atoms in total. The highest BCUT2D eigenvalue weighted by Gasteiger charge is 2.11. The molecule has 9 heavy (non-hydrogen) atoms. The highest BCUT2D eigenvalue weighted by Crippen LogP contribution is 2.06. The lowest BCUT2D eigenvalue weighted by atomic mass is 10.8. The van der Waals surface area contributed by atoms with Crippen molar-refractivity contribution in [2.45, 2.75) is 32.6 Å². The van der Waals surface area contributed by atoms with Gasteiger partial charge in [-0.05, 0) is 12.9 Å². The van der Waals surface area contributed by atoms with E-state index in [4.69, 9.17) is 6.11 Å². The molecule has 0 radical (unpaired) electrons. The van der Waals surface area contributed by atoms with Crippen LogP contribution < -0.4 is 0 Å². The van der Waals surface area contributed by atoms with Gasteiger partial charge in [-0.15, -0.1) is 0 Å². The highest BCUT2D eigenvalue weighted by molar-refractivity contribution is 6.76. The van der Waals surface area contributed by atoms with E-state index in [-0.39, 0.29) is 0 Å². The zero-order valence-corrected chi connectivity index (χ0v) is 7.74. The molecule has 0 rings (SSSR count). The molecule has 0 spiro atoms. The molecular weight excluding hydrogens is 128 g/mol. The summed E-state index contributed by atoms with van der Waals surface area (Å²) in [6, 6.07) is 1.22. The van der Waals surface area contributed by atoms with E-state index in [2.05, 4.69) is 19.6 Å². The van der Waals surface area contributed by atoms with Gasteiger partial charge in [-0.3, -0.25) is 0 Å². The van der Waals surface area contributed by atoms with E-state index >= 15 is 0 Å². The Hall–Kier alpha value is 0.177. The van der Waals surface area contributed by atoms with Crippen molar-refractivity contribution < 1.29 is 6.11 Å². The minimum Gasteiger partial charge on any atom is -0.382 e. The third kappa shape index (κ3) is 8.18. The lowest BCUT2D eigenvalue weighted by molar-refractivity contribution is 0.161. The molecule has 0 saturated carbocycles. The molecule has 0 atom stereocenters. The summed E-state index contributed by atoms with van der Waals surface area (Å²) in [5.41, 5.74) is 0. The fraction of sp³-hybridized carbons (Fsp3) is 1.00. The van der Waals surface area contributed by atoms with E-state index in [1.165, 1.54) is 6.04 Å². The van der Waals surface area contributed by atoms with Gasteiger partial charge in [0, 0.05) is 22.7 Å². The van der Waals surface area contributed by atoms with Crippen LogP contribution in [0, 0.1) is 0 Å². The third-order valence-corrected chi connectivity index (χ3v) is 2.84. The number of hydrogen-bond acceptors (Lipinski definition) is 1. The zero-order chi connectivity index (χ0) is 8.04. The van der Waals surface area contributed by atoms with Gasteiger partial charge in [0.15, 0.2) is 0 Å². The molecule has 0 amide bonds. The largest absolute Gasteiger partial charge is 0.382 e. The third-order valence-electron chi connectivity index (χ3n) is 1.14. The smallest absolute Gasteiger partial charge is 0.0466 e. The summed E-state index contributed by atoms with van der Waals surface area (Å²) in [7, 11) is -0.893. The van der Waals surface area contributed by atoms with Gasteiger partial charge in [0.2, 0.25) is 0 Å². The van der Waals surface area contributed by atoms with E-state index in [0.717, 1.165) is 6.61 Å². The molecule has 0 aliphatic rings. The quantitative estimate of drug-likeness (QED) is 0.438. The second-order valence-electron chi connectivity index (χ2n) is 3.42. The lowest BCUT2D eigenvalue weighted by Crippen LogP contribution is -2.21. The molecule has 0 unspecified atom stereocenters. The summed E-state index contributed by atoms with van der Waals surface area (Å²) in [5.74, 6) is 0. The normalized spacial score (nSPS) is 13.4. The first kappa shape index (κ1) is 7.29. The van der Waals surface area contributed by atoms with Gasteiger partial charge in [0.1, 0.15) is 0 Å². The van der Waals surface area contributed by atoms with Crippen LogP contribution in [0.15, 0.2) is 0 Å². The van der Waals surface area contributed by atoms with Crippen molar-refractivity contribution in [2.24, 2.45) is 0 Å². The van der Waals surface area contributed by atoms with Gasteiger partial charge in [0.25, 0.3) is 0 Å². The second-order valence-corrected chi connectivity index (χ2v) is 9.04. The molecule has 2 heteroatoms. The van der Waals surface area contributed by atoms with Gasteiger partial charge in [0.05, 0.1) is 0 Å². The van der Waals surface area contributed by atoms with Gasteiger partial charge < -0.3 is 4.74 Å². The van der Waals surface area contributed by atoms with E-state index in [9.17, 15) is 0 Å². The Morgan fingerprint density at radius 1 is 1.44 bits per heavy atom. The maximum atomic E-state index is 6.82. The maximum absolute atomic E-state index is 6.82. The molecule has 0 heterocycles. The minimum atomic E-state index is -0.893. The lowest BCUT2D eigenvalue weighted by Gasteiger charge is -2.14. The Labute approximate surface area is 60.8 Å². The molecule has 0 aliphatic heterocycles. The van der Waals surface area contributed by atoms with E-state index in [1.54, 1.807) is 0 Å². The zero-order valence-electron chi connectivity index (χ0n) is 7.74. The summed E-state index contributed by atoms with van der Waals surface area (Å²) in [6.07, 6.45) is 0. The molecule has 0 aromatic carbocycles. The van der Waals surface area contributed by atoms with Crippen molar-refractivity contribution in [3.8, 4) is 0 Å². The average molecular weight is 147 g/mol. The number of hydrogen-bond donors (Lipinski definition) is 0. The molecular formula is C7H18OSi. The standard InChI is InChI=1S/C7H18OSi/c1-5-8-6-7-9(2,3)4/h5-7H2,1-4H3/i1D. The van der Waals surface area contributed by atoms with Crippen molar-refractivity contribution in [3.63, 3.8) is 0 Å². The molecule has 0 aromatic rings. The predicted molar refractivity (Wildman–Crippen MR) is 44.6 cm³/mol. The monoisotopic (exact) mass is 147 g/mol. The van der Waals surface area contributed by atoms with Gasteiger partial charge in [-0.2, -0.15) is 0 Å². The topological polar surface area (TPSA) is 9.23 Å². The SMILES string of the molecule is [2H]CCOCC[Si](C)(C)C. The number of ether oxygens (including phenoxy) is 1. The summed E-state index contributed by atoms with van der Waals surface area (Å²) >= 11 is 0. The van der Waals surface area contributed by atoms with Crippen LogP contribution in [-0.2, 0) is 4.74 Å². The first-order valence-electron chi connectivity index (χ1n) is 4.14. The van der Waals surface area contributed by atoms with Crippen molar-refractivity contribution in [3.05, 3.63) is 0 Å².